The van der Waals surface area contributed by atoms with Gasteiger partial charge in [-0.05, 0) is 153 Å². The minimum Gasteiger partial charge on any atom is -0.479 e. The number of likely N-dealkylation sites (tertiary alicyclic amines) is 1. The highest BCUT2D eigenvalue weighted by atomic mass is 128. The highest BCUT2D eigenvalue weighted by molar-refractivity contribution is 15.0. The Morgan fingerprint density at radius 1 is 0.590 bits per heavy atom. The molecule has 658 valence electrons. The molecule has 117 heavy (non-hydrogen) atoms. The predicted molar refractivity (Wildman–Crippen MR) is 447 cm³/mol. The molecule has 35 heteroatoms. The molecule has 0 radical (unpaired) electrons. The summed E-state index contributed by atoms with van der Waals surface area (Å²) in [5.41, 5.74) is -6.14. The van der Waals surface area contributed by atoms with E-state index in [1.807, 2.05) is 30.4 Å². The lowest BCUT2D eigenvalue weighted by Crippen LogP contribution is -2.56. The Labute approximate surface area is 711 Å². The van der Waals surface area contributed by atoms with Crippen LogP contribution in [0, 0.1) is 17.8 Å². The van der Waals surface area contributed by atoms with E-state index in [9.17, 15) is 77.0 Å². The maximum atomic E-state index is 13.9. The van der Waals surface area contributed by atoms with E-state index < -0.39 is 178 Å². The molecule has 15 atom stereocenters. The molecule has 0 aromatic heterocycles. The van der Waals surface area contributed by atoms with Gasteiger partial charge in [-0.2, -0.15) is 0 Å². The van der Waals surface area contributed by atoms with Crippen LogP contribution >= 0.6 is 37.2 Å². The molecule has 3 saturated carbocycles. The van der Waals surface area contributed by atoms with Crippen molar-refractivity contribution in [3.63, 3.8) is 0 Å². The van der Waals surface area contributed by atoms with Gasteiger partial charge in [-0.3, -0.25) is 43.2 Å². The second-order valence-electron chi connectivity index (χ2n) is 33.4. The SMILES string of the molecule is C.C=CCCCCC[C@H](NC(=O)OC(C)(C)C)C(=O)N1C[C@H](OC(C)=O)C[C@H]1C(=O)N[C@]1(C(=O)OCC)C[C@H]1C=C.CC(=O)O[C@@H]1C[C@H]2C(=O)N[C@]3(C(=O)O)C[C@H]3/C=C\CCCCC[C@H](NC(=O)OC(C)(C)C)C(=O)N2C1.CCOC(=O)[C@@]12C[C@H]1/C=C\CCCCC[C@H](NC(=O)OC(C)(C)C)C(=O)N1C[C@H](OC(C)=O)C[C@H]1C(=O)N2.II. The summed E-state index contributed by atoms with van der Waals surface area (Å²) in [6.45, 7) is 30.3. The average Bonchev–Trinajstić information content (AvgIpc) is 1.59. The van der Waals surface area contributed by atoms with Crippen LogP contribution in [0.4, 0.5) is 14.4 Å². The first-order valence-electron chi connectivity index (χ1n) is 40.1. The van der Waals surface area contributed by atoms with Crippen LogP contribution in [0.3, 0.4) is 0 Å². The molecule has 5 aliphatic heterocycles. The Kier molecular flexibility index (Phi) is 39.7. The Hall–Kier alpha value is -8.13. The smallest absolute Gasteiger partial charge is 0.408 e. The molecular weight excluding hydrogens is 1750 g/mol. The number of fused-ring (bicyclic) bond motifs is 4. The van der Waals surface area contributed by atoms with Crippen molar-refractivity contribution in [1.29, 1.82) is 0 Å². The van der Waals surface area contributed by atoms with Gasteiger partial charge in [0.1, 0.15) is 88.0 Å². The van der Waals surface area contributed by atoms with Crippen molar-refractivity contribution in [2.75, 3.05) is 32.8 Å². The fourth-order valence-electron chi connectivity index (χ4n) is 14.8. The van der Waals surface area contributed by atoms with Crippen molar-refractivity contribution in [2.24, 2.45) is 17.8 Å². The van der Waals surface area contributed by atoms with Crippen molar-refractivity contribution in [3.8, 4) is 0 Å². The molecule has 3 saturated heterocycles. The summed E-state index contributed by atoms with van der Waals surface area (Å²) in [5.74, 6) is -7.83. The maximum absolute atomic E-state index is 13.9. The number of aliphatic carboxylic acids is 1. The maximum Gasteiger partial charge on any atom is 0.408 e. The zero-order valence-corrected chi connectivity index (χ0v) is 73.9. The van der Waals surface area contributed by atoms with Gasteiger partial charge in [0.2, 0.25) is 35.4 Å². The third-order valence-corrected chi connectivity index (χ3v) is 20.4. The number of carbonyl (C=O) groups is 15. The lowest BCUT2D eigenvalue weighted by molar-refractivity contribution is -0.150. The molecule has 3 aliphatic carbocycles. The molecule has 0 spiro atoms. The van der Waals surface area contributed by atoms with Gasteiger partial charge in [0.25, 0.3) is 0 Å². The normalized spacial score (nSPS) is 28.3. The molecule has 33 nitrogen and oxygen atoms in total. The zero-order chi connectivity index (χ0) is 86.8. The van der Waals surface area contributed by atoms with Crippen molar-refractivity contribution < 1.29 is 115 Å². The summed E-state index contributed by atoms with van der Waals surface area (Å²) < 4.78 is 42.5. The second kappa shape index (κ2) is 45.9. The Balaban J connectivity index is 0.000000364. The molecule has 9 amide bonds. The van der Waals surface area contributed by atoms with Crippen LogP contribution in [0.1, 0.15) is 239 Å². The van der Waals surface area contributed by atoms with E-state index in [-0.39, 0.29) is 83.7 Å². The lowest BCUT2D eigenvalue weighted by atomic mass is 10.0. The molecule has 6 fully saturated rings. The highest BCUT2D eigenvalue weighted by Crippen LogP contribution is 2.48. The third kappa shape index (κ3) is 30.9. The van der Waals surface area contributed by atoms with Gasteiger partial charge in [-0.1, -0.05) is 82.4 Å². The number of carboxylic acid groups (broad SMARTS) is 1. The van der Waals surface area contributed by atoms with Crippen LogP contribution in [-0.2, 0) is 95.4 Å². The molecule has 0 bridgehead atoms. The Morgan fingerprint density at radius 3 is 1.45 bits per heavy atom. The first-order valence-corrected chi connectivity index (χ1v) is 46.4. The molecule has 0 aromatic carbocycles. The number of nitrogens with one attached hydrogen (secondary N) is 6. The molecule has 5 heterocycles. The number of alkyl carbamates (subject to hydrolysis) is 3. The van der Waals surface area contributed by atoms with Gasteiger partial charge in [-0.15, -0.1) is 13.2 Å². The number of nitrogens with zero attached hydrogens (tertiary/aromatic N) is 3. The fraction of sp³-hybridized carbons (Fsp3) is 0.720. The number of allylic oxidation sites excluding steroid dienone is 3. The quantitative estimate of drug-likeness (QED) is 0.0185. The van der Waals surface area contributed by atoms with E-state index in [0.29, 0.717) is 51.4 Å². The average molecular weight is 1880 g/mol. The summed E-state index contributed by atoms with van der Waals surface area (Å²) in [7, 11) is 0. The van der Waals surface area contributed by atoms with Gasteiger partial charge in [-0.25, -0.2) is 28.8 Å². The number of rotatable bonds is 21. The van der Waals surface area contributed by atoms with E-state index >= 15 is 0 Å². The highest BCUT2D eigenvalue weighted by Gasteiger charge is 2.65. The largest absolute Gasteiger partial charge is 0.479 e. The number of hydrogen-bond acceptors (Lipinski definition) is 23. The number of carboxylic acids is 1. The standard InChI is InChI=1S/C29H45N3O8.C27H41N3O8.C25H37N3O8.CH4.I2/c1-8-11-12-13-14-15-22(30-27(37)40-28(5,6)7)25(35)32-18-21(39-19(4)33)16-23(32)24(34)31-29(17-20(29)9-2)26(36)38-10-3;1-6-36-24(34)27-15-18(27)12-10-8-7-9-11-13-20(28-25(35)38-26(3,4)5)23(33)30-16-19(37-17(2)31)14-21(30)22(32)29-27;1-15(29)35-17-12-19-20(30)27-25(22(32)33)13-16(25)10-8-6-5-7-9-11-18(21(31)28(19)14-17)26-23(34)36-24(2,3)4;;1-2/h8-9,20-23H,1-2,10-18H2,3-7H3,(H,30,37)(H,31,34);10,12,18-21H,6-9,11,13-16H2,1-5H3,(H,28,35)(H,29,32);8,10,16-19H,5-7,9,11-14H2,1-4H3,(H,26,34)(H,27,30)(H,32,33);1H4;/b;12-10-;10-8-;;/t20-,21-,22+,23+,29-;18-,19-,20+,21+,27-;16-,17-,18+,19+,25-;;/m111../s1. The van der Waals surface area contributed by atoms with Gasteiger partial charge in [0, 0.05) is 95.0 Å². The molecule has 0 unspecified atom stereocenters. The number of carbonyl (C=O) groups excluding carboxylic acids is 14. The van der Waals surface area contributed by atoms with Crippen LogP contribution in [0.2, 0.25) is 0 Å². The summed E-state index contributed by atoms with van der Waals surface area (Å²) in [6, 6.07) is -5.91. The van der Waals surface area contributed by atoms with Crippen LogP contribution in [0.5, 0.6) is 0 Å². The minimum absolute atomic E-state index is 0. The van der Waals surface area contributed by atoms with Crippen LogP contribution in [0.15, 0.2) is 49.6 Å². The van der Waals surface area contributed by atoms with Gasteiger partial charge in [0.05, 0.1) is 32.8 Å². The van der Waals surface area contributed by atoms with Gasteiger partial charge < -0.3 is 89.6 Å². The summed E-state index contributed by atoms with van der Waals surface area (Å²) in [6.07, 6.45) is 18.4. The predicted octanol–water partition coefficient (Wildman–Crippen LogP) is 9.84. The van der Waals surface area contributed by atoms with Gasteiger partial charge >= 0.3 is 54.1 Å². The summed E-state index contributed by atoms with van der Waals surface area (Å²) in [4.78, 5) is 196. The monoisotopic (exact) mass is 1880 g/mol. The van der Waals surface area contributed by atoms with Crippen LogP contribution in [0.25, 0.3) is 0 Å². The van der Waals surface area contributed by atoms with Crippen molar-refractivity contribution >= 4 is 127 Å². The number of ether oxygens (including phenoxy) is 8. The zero-order valence-electron chi connectivity index (χ0n) is 69.6. The van der Waals surface area contributed by atoms with E-state index in [2.05, 4.69) is 82.3 Å². The van der Waals surface area contributed by atoms with E-state index in [4.69, 9.17) is 37.9 Å². The Bertz CT molecular complexity index is 3590. The lowest BCUT2D eigenvalue weighted by Gasteiger charge is -2.30. The Morgan fingerprint density at radius 2 is 1.03 bits per heavy atom. The van der Waals surface area contributed by atoms with E-state index in [1.165, 1.54) is 35.5 Å². The molecule has 0 aromatic rings. The van der Waals surface area contributed by atoms with Crippen molar-refractivity contribution in [1.82, 2.24) is 46.6 Å². The number of halogens is 2. The van der Waals surface area contributed by atoms with Crippen molar-refractivity contribution in [2.45, 2.75) is 327 Å². The third-order valence-electron chi connectivity index (χ3n) is 20.4. The summed E-state index contributed by atoms with van der Waals surface area (Å²) >= 11 is 4.24. The molecule has 8 rings (SSSR count). The number of unbranched alkanes of at least 4 members (excludes halogenated alkanes) is 3. The second-order valence-corrected chi connectivity index (χ2v) is 33.4. The van der Waals surface area contributed by atoms with E-state index in [1.54, 1.807) is 82.2 Å². The van der Waals surface area contributed by atoms with E-state index in [0.717, 1.165) is 57.8 Å². The molecular formula is C82H127I2N9O24. The fourth-order valence-corrected chi connectivity index (χ4v) is 14.8. The topological polar surface area (TPSA) is 432 Å². The number of esters is 5. The number of hydrogen-bond donors (Lipinski definition) is 7. The van der Waals surface area contributed by atoms with Crippen molar-refractivity contribution in [3.05, 3.63) is 49.6 Å². The first-order chi connectivity index (χ1) is 54.5. The number of amides is 9. The minimum atomic E-state index is -1.42. The van der Waals surface area contributed by atoms with Crippen LogP contribution < -0.4 is 31.9 Å². The first kappa shape index (κ1) is 101. The van der Waals surface area contributed by atoms with Crippen LogP contribution in [-0.4, -0.2) is 230 Å². The van der Waals surface area contributed by atoms with Gasteiger partial charge in [0.15, 0.2) is 0 Å². The summed E-state index contributed by atoms with van der Waals surface area (Å²) in [5, 5.41) is 26.1. The molecule has 8 aliphatic rings. The molecule has 7 N–H and O–H groups in total.